The second kappa shape index (κ2) is 11.7. The minimum Gasteiger partial charge on any atom is -0.493 e. The lowest BCUT2D eigenvalue weighted by atomic mass is 9.96. The molecular weight excluding hydrogens is 531 g/mol. The number of hydrogen-bond donors (Lipinski definition) is 0. The van der Waals surface area contributed by atoms with Crippen LogP contribution in [0.25, 0.3) is 6.08 Å². The van der Waals surface area contributed by atoms with Gasteiger partial charge < -0.3 is 14.2 Å². The molecule has 1 aliphatic heterocycles. The van der Waals surface area contributed by atoms with Crippen LogP contribution >= 0.6 is 11.3 Å². The lowest BCUT2D eigenvalue weighted by Crippen LogP contribution is -2.39. The fraction of sp³-hybridized carbons (Fsp3) is 0.194. The Bertz CT molecular complexity index is 1760. The topological polar surface area (TPSA) is 79.1 Å². The Morgan fingerprint density at radius 3 is 2.52 bits per heavy atom. The fourth-order valence-corrected chi connectivity index (χ4v) is 5.58. The molecule has 0 N–H and O–H groups in total. The molecule has 0 amide bonds. The number of carbonyl (C=O) groups is 1. The first kappa shape index (κ1) is 27.1. The van der Waals surface area contributed by atoms with Crippen molar-refractivity contribution in [3.63, 3.8) is 0 Å². The van der Waals surface area contributed by atoms with E-state index in [1.165, 1.54) is 28.0 Å². The summed E-state index contributed by atoms with van der Waals surface area (Å²) in [5, 5.41) is 0. The van der Waals surface area contributed by atoms with Crippen molar-refractivity contribution in [3.05, 3.63) is 126 Å². The van der Waals surface area contributed by atoms with Gasteiger partial charge in [0.05, 0.1) is 35.6 Å². The summed E-state index contributed by atoms with van der Waals surface area (Å²) in [6, 6.07) is 20.2. The van der Waals surface area contributed by atoms with Crippen molar-refractivity contribution < 1.29 is 23.4 Å². The summed E-state index contributed by atoms with van der Waals surface area (Å²) in [6.07, 6.45) is 1.75. The van der Waals surface area contributed by atoms with E-state index in [4.69, 9.17) is 14.2 Å². The van der Waals surface area contributed by atoms with E-state index in [1.807, 2.05) is 36.4 Å². The van der Waals surface area contributed by atoms with Crippen LogP contribution in [0.2, 0.25) is 0 Å². The molecule has 5 rings (SSSR count). The van der Waals surface area contributed by atoms with E-state index in [-0.39, 0.29) is 17.7 Å². The highest BCUT2D eigenvalue weighted by Gasteiger charge is 2.33. The molecule has 1 atom stereocenters. The summed E-state index contributed by atoms with van der Waals surface area (Å²) in [6.45, 7) is 3.98. The fourth-order valence-electron chi connectivity index (χ4n) is 4.53. The van der Waals surface area contributed by atoms with Gasteiger partial charge in [0.1, 0.15) is 12.4 Å². The van der Waals surface area contributed by atoms with Gasteiger partial charge in [-0.2, -0.15) is 0 Å². The number of halogens is 1. The minimum atomic E-state index is -0.804. The Morgan fingerprint density at radius 2 is 1.82 bits per heavy atom. The van der Waals surface area contributed by atoms with Gasteiger partial charge >= 0.3 is 5.97 Å². The molecule has 0 unspecified atom stereocenters. The average molecular weight is 559 g/mol. The number of hydrogen-bond acceptors (Lipinski definition) is 7. The third kappa shape index (κ3) is 5.46. The predicted octanol–water partition coefficient (Wildman–Crippen LogP) is 4.53. The normalized spacial score (nSPS) is 14.9. The quantitative estimate of drug-likeness (QED) is 0.297. The van der Waals surface area contributed by atoms with Gasteiger partial charge in [0.25, 0.3) is 5.56 Å². The van der Waals surface area contributed by atoms with Gasteiger partial charge in [-0.05, 0) is 60.9 Å². The van der Waals surface area contributed by atoms with Crippen LogP contribution in [-0.4, -0.2) is 24.3 Å². The Kier molecular flexibility index (Phi) is 7.93. The minimum absolute atomic E-state index is 0.170. The lowest BCUT2D eigenvalue weighted by Gasteiger charge is -2.24. The number of nitrogens with zero attached hydrogens (tertiary/aromatic N) is 2. The number of rotatable bonds is 8. The molecule has 0 saturated carbocycles. The summed E-state index contributed by atoms with van der Waals surface area (Å²) < 4.78 is 32.4. The monoisotopic (exact) mass is 558 g/mol. The summed E-state index contributed by atoms with van der Waals surface area (Å²) in [4.78, 5) is 31.7. The van der Waals surface area contributed by atoms with Crippen molar-refractivity contribution in [2.45, 2.75) is 26.5 Å². The molecular formula is C31H27FN2O5S. The number of ether oxygens (including phenoxy) is 3. The third-order valence-electron chi connectivity index (χ3n) is 6.43. The van der Waals surface area contributed by atoms with Gasteiger partial charge in [0.2, 0.25) is 0 Å². The van der Waals surface area contributed by atoms with Gasteiger partial charge in [-0.3, -0.25) is 9.36 Å². The largest absolute Gasteiger partial charge is 0.493 e. The first-order valence-electron chi connectivity index (χ1n) is 12.7. The van der Waals surface area contributed by atoms with E-state index >= 15 is 0 Å². The predicted molar refractivity (Wildman–Crippen MR) is 151 cm³/mol. The Hall–Kier alpha value is -4.50. The number of aromatic nitrogens is 1. The lowest BCUT2D eigenvalue weighted by molar-refractivity contribution is -0.139. The molecule has 0 radical (unpaired) electrons. The second-order valence-electron chi connectivity index (χ2n) is 9.04. The first-order chi connectivity index (χ1) is 19.4. The van der Waals surface area contributed by atoms with Crippen LogP contribution in [0.3, 0.4) is 0 Å². The van der Waals surface area contributed by atoms with Crippen LogP contribution in [-0.2, 0) is 16.1 Å². The zero-order valence-electron chi connectivity index (χ0n) is 22.2. The molecule has 0 saturated heterocycles. The SMILES string of the molecule is CCOC(=O)C1=C(C)N=c2s/c(=C\c3ccc(OCc4ccccc4)c(OC)c3)c(=O)n2[C@H]1c1ccc(F)cc1. The van der Waals surface area contributed by atoms with Crippen molar-refractivity contribution in [1.29, 1.82) is 0 Å². The number of carbonyl (C=O) groups excluding carboxylic acids is 1. The van der Waals surface area contributed by atoms with Crippen molar-refractivity contribution in [3.8, 4) is 11.5 Å². The Morgan fingerprint density at radius 1 is 1.07 bits per heavy atom. The maximum Gasteiger partial charge on any atom is 0.338 e. The highest BCUT2D eigenvalue weighted by atomic mass is 32.1. The molecule has 2 heterocycles. The van der Waals surface area contributed by atoms with Crippen molar-refractivity contribution in [1.82, 2.24) is 4.57 Å². The average Bonchev–Trinajstić information content (AvgIpc) is 3.26. The summed E-state index contributed by atoms with van der Waals surface area (Å²) in [5.41, 5.74) is 2.71. The summed E-state index contributed by atoms with van der Waals surface area (Å²) in [7, 11) is 1.56. The molecule has 4 aromatic rings. The number of benzene rings is 3. The Labute approximate surface area is 234 Å². The van der Waals surface area contributed by atoms with E-state index < -0.39 is 17.8 Å². The van der Waals surface area contributed by atoms with E-state index in [0.717, 1.165) is 11.1 Å². The van der Waals surface area contributed by atoms with Gasteiger partial charge in [0, 0.05) is 0 Å². The molecule has 0 spiro atoms. The van der Waals surface area contributed by atoms with E-state index in [9.17, 15) is 14.0 Å². The third-order valence-corrected chi connectivity index (χ3v) is 7.41. The van der Waals surface area contributed by atoms with Gasteiger partial charge in [0.15, 0.2) is 16.3 Å². The number of esters is 1. The van der Waals surface area contributed by atoms with Crippen molar-refractivity contribution in [2.24, 2.45) is 4.99 Å². The van der Waals surface area contributed by atoms with Gasteiger partial charge in [-0.15, -0.1) is 0 Å². The zero-order valence-corrected chi connectivity index (χ0v) is 23.0. The first-order valence-corrected chi connectivity index (χ1v) is 13.5. The van der Waals surface area contributed by atoms with Crippen molar-refractivity contribution >= 4 is 23.4 Å². The number of fused-ring (bicyclic) bond motifs is 1. The standard InChI is InChI=1S/C31H27FN2O5S/c1-4-38-30(36)27-19(2)33-31-34(28(27)22-11-13-23(32)14-12-22)29(35)26(40-31)17-21-10-15-24(25(16-21)37-3)39-18-20-8-6-5-7-9-20/h5-17,28H,4,18H2,1-3H3/b26-17-/t28-/m0/s1. The van der Waals surface area contributed by atoms with Gasteiger partial charge in [-0.1, -0.05) is 59.9 Å². The van der Waals surface area contributed by atoms with Crippen LogP contribution in [0.1, 0.15) is 36.6 Å². The van der Waals surface area contributed by atoms with Crippen LogP contribution in [0.4, 0.5) is 4.39 Å². The summed E-state index contributed by atoms with van der Waals surface area (Å²) in [5.74, 6) is 0.126. The molecule has 204 valence electrons. The molecule has 0 aliphatic carbocycles. The molecule has 3 aromatic carbocycles. The Balaban J connectivity index is 1.55. The van der Waals surface area contributed by atoms with Gasteiger partial charge in [-0.25, -0.2) is 14.2 Å². The molecule has 40 heavy (non-hydrogen) atoms. The summed E-state index contributed by atoms with van der Waals surface area (Å²) >= 11 is 1.21. The van der Waals surface area contributed by atoms with E-state index in [1.54, 1.807) is 51.3 Å². The molecule has 7 nitrogen and oxygen atoms in total. The van der Waals surface area contributed by atoms with E-state index in [0.29, 0.717) is 38.7 Å². The molecule has 0 bridgehead atoms. The maximum absolute atomic E-state index is 13.8. The highest BCUT2D eigenvalue weighted by molar-refractivity contribution is 7.07. The number of methoxy groups -OCH3 is 1. The van der Waals surface area contributed by atoms with E-state index in [2.05, 4.69) is 4.99 Å². The van der Waals surface area contributed by atoms with Crippen LogP contribution < -0.4 is 24.4 Å². The number of allylic oxidation sites excluding steroid dienone is 1. The molecule has 9 heteroatoms. The van der Waals surface area contributed by atoms with Crippen LogP contribution in [0.15, 0.2) is 93.9 Å². The zero-order chi connectivity index (χ0) is 28.2. The molecule has 1 aromatic heterocycles. The molecule has 1 aliphatic rings. The van der Waals surface area contributed by atoms with Crippen LogP contribution in [0, 0.1) is 5.82 Å². The van der Waals surface area contributed by atoms with Crippen LogP contribution in [0.5, 0.6) is 11.5 Å². The maximum atomic E-state index is 13.8. The van der Waals surface area contributed by atoms with Crippen molar-refractivity contribution in [2.75, 3.05) is 13.7 Å². The highest BCUT2D eigenvalue weighted by Crippen LogP contribution is 2.31. The second-order valence-corrected chi connectivity index (χ2v) is 10.0. The smallest absolute Gasteiger partial charge is 0.338 e. The molecule has 0 fully saturated rings. The number of thiazole rings is 1.